The van der Waals surface area contributed by atoms with Crippen LogP contribution in [0.1, 0.15) is 11.1 Å². The van der Waals surface area contributed by atoms with E-state index in [0.717, 1.165) is 16.7 Å². The smallest absolute Gasteiger partial charge is 0.251 e. The van der Waals surface area contributed by atoms with Gasteiger partial charge in [-0.1, -0.05) is 54.1 Å². The predicted octanol–water partition coefficient (Wildman–Crippen LogP) is 1.93. The normalized spacial score (nSPS) is 19.4. The number of primary amides is 1. The first-order valence-corrected chi connectivity index (χ1v) is 9.30. The molecule has 28 heavy (non-hydrogen) atoms. The summed E-state index contributed by atoms with van der Waals surface area (Å²) >= 11 is 0. The van der Waals surface area contributed by atoms with Gasteiger partial charge in [-0.2, -0.15) is 0 Å². The van der Waals surface area contributed by atoms with Crippen LogP contribution in [-0.2, 0) is 25.5 Å². The quantitative estimate of drug-likeness (QED) is 0.828. The summed E-state index contributed by atoms with van der Waals surface area (Å²) in [6.07, 6.45) is 0.304. The van der Waals surface area contributed by atoms with Crippen LogP contribution in [0.3, 0.4) is 0 Å². The maximum Gasteiger partial charge on any atom is 0.251 e. The summed E-state index contributed by atoms with van der Waals surface area (Å²) in [5.74, 6) is -0.743. The van der Waals surface area contributed by atoms with Gasteiger partial charge in [-0.3, -0.25) is 9.59 Å². The molecule has 0 unspecified atom stereocenters. The fourth-order valence-electron chi connectivity index (χ4n) is 3.49. The molecule has 2 aromatic carbocycles. The highest BCUT2D eigenvalue weighted by atomic mass is 16.5. The molecular formula is C22H26N2O4. The summed E-state index contributed by atoms with van der Waals surface area (Å²) in [5.41, 5.74) is 8.76. The van der Waals surface area contributed by atoms with Crippen molar-refractivity contribution >= 4 is 11.8 Å². The van der Waals surface area contributed by atoms with E-state index in [1.807, 2.05) is 31.2 Å². The van der Waals surface area contributed by atoms with E-state index in [4.69, 9.17) is 15.2 Å². The summed E-state index contributed by atoms with van der Waals surface area (Å²) in [5, 5.41) is 0. The molecular weight excluding hydrogens is 356 g/mol. The minimum absolute atomic E-state index is 0.0300. The van der Waals surface area contributed by atoms with Crippen LogP contribution >= 0.6 is 0 Å². The second kappa shape index (κ2) is 8.54. The molecule has 0 radical (unpaired) electrons. The Morgan fingerprint density at radius 2 is 1.93 bits per heavy atom. The molecule has 1 saturated heterocycles. The SMILES string of the molecule is COCC(=O)N1CCO[C@@](Cc2cccc(-c3ccc(C)cc3)c2)(C(N)=O)C1. The number of nitrogens with zero attached hydrogens (tertiary/aromatic N) is 1. The van der Waals surface area contributed by atoms with Crippen LogP contribution in [0.25, 0.3) is 11.1 Å². The van der Waals surface area contributed by atoms with E-state index >= 15 is 0 Å². The van der Waals surface area contributed by atoms with Crippen LogP contribution in [0.5, 0.6) is 0 Å². The number of methoxy groups -OCH3 is 1. The lowest BCUT2D eigenvalue weighted by Crippen LogP contribution is -2.61. The van der Waals surface area contributed by atoms with E-state index in [1.54, 1.807) is 4.90 Å². The molecule has 1 atom stereocenters. The lowest BCUT2D eigenvalue weighted by molar-refractivity contribution is -0.165. The van der Waals surface area contributed by atoms with Crippen LogP contribution in [-0.4, -0.2) is 55.7 Å². The molecule has 1 aliphatic rings. The Bertz CT molecular complexity index is 850. The van der Waals surface area contributed by atoms with Gasteiger partial charge in [0, 0.05) is 20.1 Å². The van der Waals surface area contributed by atoms with Crippen molar-refractivity contribution in [1.29, 1.82) is 0 Å². The van der Waals surface area contributed by atoms with Crippen LogP contribution in [0, 0.1) is 6.92 Å². The van der Waals surface area contributed by atoms with Crippen molar-refractivity contribution < 1.29 is 19.1 Å². The monoisotopic (exact) mass is 382 g/mol. The fourth-order valence-corrected chi connectivity index (χ4v) is 3.49. The van der Waals surface area contributed by atoms with Gasteiger partial charge in [0.2, 0.25) is 5.91 Å². The first-order chi connectivity index (χ1) is 13.4. The lowest BCUT2D eigenvalue weighted by Gasteiger charge is -2.40. The number of rotatable bonds is 6. The third-order valence-corrected chi connectivity index (χ3v) is 5.06. The number of ether oxygens (including phenoxy) is 2. The number of hydrogen-bond donors (Lipinski definition) is 1. The van der Waals surface area contributed by atoms with Gasteiger partial charge in [0.15, 0.2) is 5.60 Å². The molecule has 0 aliphatic carbocycles. The maximum absolute atomic E-state index is 12.3. The number of hydrogen-bond acceptors (Lipinski definition) is 4. The summed E-state index contributed by atoms with van der Waals surface area (Å²) in [4.78, 5) is 26.1. The molecule has 1 fully saturated rings. The van der Waals surface area contributed by atoms with Crippen LogP contribution in [0.15, 0.2) is 48.5 Å². The molecule has 0 aromatic heterocycles. The first-order valence-electron chi connectivity index (χ1n) is 9.30. The highest BCUT2D eigenvalue weighted by Crippen LogP contribution is 2.27. The molecule has 2 aromatic rings. The summed E-state index contributed by atoms with van der Waals surface area (Å²) in [7, 11) is 1.47. The molecule has 148 valence electrons. The minimum Gasteiger partial charge on any atom is -0.375 e. The van der Waals surface area contributed by atoms with E-state index in [0.29, 0.717) is 13.0 Å². The topological polar surface area (TPSA) is 81.9 Å². The summed E-state index contributed by atoms with van der Waals surface area (Å²) < 4.78 is 10.8. The molecule has 1 aliphatic heterocycles. The molecule has 0 spiro atoms. The second-order valence-corrected chi connectivity index (χ2v) is 7.20. The number of carbonyl (C=O) groups is 2. The predicted molar refractivity (Wildman–Crippen MR) is 107 cm³/mol. The Kier molecular flexibility index (Phi) is 6.11. The molecule has 0 saturated carbocycles. The summed E-state index contributed by atoms with van der Waals surface area (Å²) in [6.45, 7) is 2.82. The van der Waals surface area contributed by atoms with Gasteiger partial charge in [-0.25, -0.2) is 0 Å². The van der Waals surface area contributed by atoms with Crippen molar-refractivity contribution in [2.24, 2.45) is 5.73 Å². The van der Waals surface area contributed by atoms with Gasteiger partial charge in [-0.05, 0) is 23.6 Å². The van der Waals surface area contributed by atoms with Gasteiger partial charge >= 0.3 is 0 Å². The van der Waals surface area contributed by atoms with Crippen LogP contribution in [0.4, 0.5) is 0 Å². The van der Waals surface area contributed by atoms with E-state index in [1.165, 1.54) is 12.7 Å². The van der Waals surface area contributed by atoms with E-state index in [2.05, 4.69) is 24.3 Å². The molecule has 2 N–H and O–H groups in total. The van der Waals surface area contributed by atoms with Crippen molar-refractivity contribution in [2.75, 3.05) is 33.4 Å². The third-order valence-electron chi connectivity index (χ3n) is 5.06. The van der Waals surface area contributed by atoms with Gasteiger partial charge in [0.25, 0.3) is 5.91 Å². The average Bonchev–Trinajstić information content (AvgIpc) is 2.69. The molecule has 6 heteroatoms. The van der Waals surface area contributed by atoms with Crippen molar-refractivity contribution in [3.8, 4) is 11.1 Å². The van der Waals surface area contributed by atoms with Crippen molar-refractivity contribution in [3.63, 3.8) is 0 Å². The second-order valence-electron chi connectivity index (χ2n) is 7.20. The van der Waals surface area contributed by atoms with E-state index in [9.17, 15) is 9.59 Å². The van der Waals surface area contributed by atoms with Crippen molar-refractivity contribution in [1.82, 2.24) is 4.90 Å². The van der Waals surface area contributed by atoms with Crippen molar-refractivity contribution in [3.05, 3.63) is 59.7 Å². The minimum atomic E-state index is -1.24. The number of carbonyl (C=O) groups excluding carboxylic acids is 2. The Labute approximate surface area is 165 Å². The maximum atomic E-state index is 12.3. The number of morpholine rings is 1. The number of amides is 2. The number of benzene rings is 2. The first kappa shape index (κ1) is 20.0. The Morgan fingerprint density at radius 1 is 1.18 bits per heavy atom. The van der Waals surface area contributed by atoms with Crippen molar-refractivity contribution in [2.45, 2.75) is 18.9 Å². The van der Waals surface area contributed by atoms with Crippen LogP contribution in [0.2, 0.25) is 0 Å². The molecule has 2 amide bonds. The summed E-state index contributed by atoms with van der Waals surface area (Å²) in [6, 6.07) is 16.2. The van der Waals surface area contributed by atoms with Gasteiger partial charge in [-0.15, -0.1) is 0 Å². The largest absolute Gasteiger partial charge is 0.375 e. The standard InChI is InChI=1S/C22H26N2O4/c1-16-6-8-18(9-7-16)19-5-3-4-17(12-19)13-22(21(23)26)15-24(10-11-28-22)20(25)14-27-2/h3-9,12H,10-11,13-15H2,1-2H3,(H2,23,26)/t22-/m1/s1. The van der Waals surface area contributed by atoms with E-state index in [-0.39, 0.29) is 25.7 Å². The van der Waals surface area contributed by atoms with Gasteiger partial charge in [0.05, 0.1) is 13.2 Å². The lowest BCUT2D eigenvalue weighted by atomic mass is 9.90. The Morgan fingerprint density at radius 3 is 2.61 bits per heavy atom. The Hall–Kier alpha value is -2.70. The van der Waals surface area contributed by atoms with Gasteiger partial charge < -0.3 is 20.1 Å². The van der Waals surface area contributed by atoms with E-state index < -0.39 is 11.5 Å². The fraction of sp³-hybridized carbons (Fsp3) is 0.364. The zero-order valence-electron chi connectivity index (χ0n) is 16.3. The molecule has 1 heterocycles. The van der Waals surface area contributed by atoms with Gasteiger partial charge in [0.1, 0.15) is 6.61 Å². The molecule has 6 nitrogen and oxygen atoms in total. The average molecular weight is 382 g/mol. The highest BCUT2D eigenvalue weighted by molar-refractivity contribution is 5.86. The highest BCUT2D eigenvalue weighted by Gasteiger charge is 2.43. The molecule has 3 rings (SSSR count). The number of nitrogens with two attached hydrogens (primary N) is 1. The zero-order chi connectivity index (χ0) is 20.1. The Balaban J connectivity index is 1.84. The third kappa shape index (κ3) is 4.40. The molecule has 0 bridgehead atoms. The zero-order valence-corrected chi connectivity index (χ0v) is 16.3. The van der Waals surface area contributed by atoms with Crippen LogP contribution < -0.4 is 5.73 Å². The number of aryl methyl sites for hydroxylation is 1.